The molecule has 0 spiro atoms. The van der Waals surface area contributed by atoms with Gasteiger partial charge in [-0.3, -0.25) is 9.59 Å². The summed E-state index contributed by atoms with van der Waals surface area (Å²) in [5, 5.41) is 11.2. The number of hydrogen-bond acceptors (Lipinski definition) is 6. The molecule has 0 saturated carbocycles. The lowest BCUT2D eigenvalue weighted by Gasteiger charge is -2.28. The Morgan fingerprint density at radius 3 is 2.09 bits per heavy atom. The van der Waals surface area contributed by atoms with Crippen LogP contribution in [0.1, 0.15) is 51.3 Å². The molecule has 1 unspecified atom stereocenters. The molecule has 2 aromatic rings. The summed E-state index contributed by atoms with van der Waals surface area (Å²) in [5.41, 5.74) is 1.31. The van der Waals surface area contributed by atoms with Crippen LogP contribution in [0.25, 0.3) is 5.76 Å². The van der Waals surface area contributed by atoms with E-state index in [4.69, 9.17) is 9.47 Å². The predicted octanol–water partition coefficient (Wildman–Crippen LogP) is 4.64. The molecule has 7 heteroatoms. The van der Waals surface area contributed by atoms with Crippen LogP contribution >= 0.6 is 0 Å². The van der Waals surface area contributed by atoms with Crippen LogP contribution < -0.4 is 9.47 Å². The minimum Gasteiger partial charge on any atom is -0.507 e. The van der Waals surface area contributed by atoms with E-state index in [1.165, 1.54) is 0 Å². The lowest BCUT2D eigenvalue weighted by Crippen LogP contribution is -2.38. The predicted molar refractivity (Wildman–Crippen MR) is 137 cm³/mol. The Morgan fingerprint density at radius 2 is 1.51 bits per heavy atom. The maximum absolute atomic E-state index is 13.2. The van der Waals surface area contributed by atoms with Gasteiger partial charge in [0.15, 0.2) is 0 Å². The summed E-state index contributed by atoms with van der Waals surface area (Å²) in [6, 6.07) is 13.6. The lowest BCUT2D eigenvalue weighted by molar-refractivity contribution is -0.140. The Balaban J connectivity index is 2.02. The first-order valence-electron chi connectivity index (χ1n) is 12.4. The Morgan fingerprint density at radius 1 is 0.914 bits per heavy atom. The van der Waals surface area contributed by atoms with Gasteiger partial charge < -0.3 is 24.4 Å². The van der Waals surface area contributed by atoms with E-state index in [2.05, 4.69) is 18.7 Å². The van der Waals surface area contributed by atoms with Crippen molar-refractivity contribution in [3.8, 4) is 11.5 Å². The van der Waals surface area contributed by atoms with Gasteiger partial charge in [0.1, 0.15) is 17.3 Å². The molecule has 7 nitrogen and oxygen atoms in total. The molecule has 1 heterocycles. The van der Waals surface area contributed by atoms with E-state index in [0.717, 1.165) is 25.1 Å². The van der Waals surface area contributed by atoms with E-state index in [1.54, 1.807) is 29.2 Å². The van der Waals surface area contributed by atoms with Gasteiger partial charge in [0.2, 0.25) is 0 Å². The number of carbonyl (C=O) groups is 2. The maximum Gasteiger partial charge on any atom is 0.295 e. The van der Waals surface area contributed by atoms with Crippen LogP contribution in [0, 0.1) is 0 Å². The quantitative estimate of drug-likeness (QED) is 0.271. The zero-order valence-electron chi connectivity index (χ0n) is 21.1. The summed E-state index contributed by atoms with van der Waals surface area (Å²) < 4.78 is 11.2. The molecule has 35 heavy (non-hydrogen) atoms. The average molecular weight is 481 g/mol. The highest BCUT2D eigenvalue weighted by atomic mass is 16.5. The van der Waals surface area contributed by atoms with E-state index in [-0.39, 0.29) is 11.3 Å². The third-order valence-corrected chi connectivity index (χ3v) is 6.20. The van der Waals surface area contributed by atoms with Crippen LogP contribution in [0.2, 0.25) is 0 Å². The van der Waals surface area contributed by atoms with E-state index in [1.807, 2.05) is 38.1 Å². The van der Waals surface area contributed by atoms with Crippen molar-refractivity contribution in [3.05, 3.63) is 65.2 Å². The number of ether oxygens (including phenoxy) is 2. The Bertz CT molecular complexity index is 1030. The van der Waals surface area contributed by atoms with Gasteiger partial charge >= 0.3 is 0 Å². The summed E-state index contributed by atoms with van der Waals surface area (Å²) >= 11 is 0. The SMILES string of the molecule is CCCOc1ccc(/C(O)=C2\C(=O)C(=O)N(CCN(CC)CC)C2c2ccc(OCC)cc2)cc1. The van der Waals surface area contributed by atoms with E-state index in [9.17, 15) is 14.7 Å². The van der Waals surface area contributed by atoms with E-state index >= 15 is 0 Å². The number of aliphatic hydroxyl groups excluding tert-OH is 1. The maximum atomic E-state index is 13.2. The van der Waals surface area contributed by atoms with Crippen molar-refractivity contribution in [1.29, 1.82) is 0 Å². The first kappa shape index (κ1) is 26.3. The van der Waals surface area contributed by atoms with Crippen LogP contribution in [0.3, 0.4) is 0 Å². The Kier molecular flexibility index (Phi) is 9.32. The fraction of sp³-hybridized carbons (Fsp3) is 0.429. The molecule has 1 amide bonds. The van der Waals surface area contributed by atoms with Crippen LogP contribution in [-0.2, 0) is 9.59 Å². The smallest absolute Gasteiger partial charge is 0.295 e. The fourth-order valence-corrected chi connectivity index (χ4v) is 4.24. The first-order chi connectivity index (χ1) is 16.9. The van der Waals surface area contributed by atoms with E-state index < -0.39 is 17.7 Å². The standard InChI is InChI=1S/C28H36N2O5/c1-5-19-35-23-15-11-21(12-16-23)26(31)24-25(20-9-13-22(14-10-20)34-8-4)30(28(33)27(24)32)18-17-29(6-2)7-3/h9-16,25,31H,5-8,17-19H2,1-4H3/b26-24+. The number of ketones is 1. The van der Waals surface area contributed by atoms with Crippen LogP contribution in [0.5, 0.6) is 11.5 Å². The largest absolute Gasteiger partial charge is 0.507 e. The van der Waals surface area contributed by atoms with Gasteiger partial charge in [-0.05, 0) is 68.4 Å². The third kappa shape index (κ3) is 6.03. The second-order valence-corrected chi connectivity index (χ2v) is 8.39. The first-order valence-corrected chi connectivity index (χ1v) is 12.4. The number of likely N-dealkylation sites (N-methyl/N-ethyl adjacent to an activating group) is 1. The topological polar surface area (TPSA) is 79.3 Å². The zero-order valence-corrected chi connectivity index (χ0v) is 21.1. The lowest BCUT2D eigenvalue weighted by atomic mass is 9.95. The van der Waals surface area contributed by atoms with Crippen LogP contribution in [0.15, 0.2) is 54.1 Å². The number of nitrogens with zero attached hydrogens (tertiary/aromatic N) is 2. The number of carbonyl (C=O) groups excluding carboxylic acids is 2. The van der Waals surface area contributed by atoms with Crippen molar-refractivity contribution in [2.75, 3.05) is 39.4 Å². The summed E-state index contributed by atoms with van der Waals surface area (Å²) in [5.74, 6) is -0.0625. The third-order valence-electron chi connectivity index (χ3n) is 6.20. The highest BCUT2D eigenvalue weighted by molar-refractivity contribution is 6.46. The summed E-state index contributed by atoms with van der Waals surface area (Å²) in [6.07, 6.45) is 0.890. The van der Waals surface area contributed by atoms with Crippen molar-refractivity contribution in [3.63, 3.8) is 0 Å². The van der Waals surface area contributed by atoms with Crippen molar-refractivity contribution in [2.24, 2.45) is 0 Å². The van der Waals surface area contributed by atoms with Crippen molar-refractivity contribution >= 4 is 17.4 Å². The molecular formula is C28H36N2O5. The number of likely N-dealkylation sites (tertiary alicyclic amines) is 1. The number of amides is 1. The Labute approximate surface area is 207 Å². The normalized spacial score (nSPS) is 17.3. The van der Waals surface area contributed by atoms with Gasteiger partial charge in [-0.25, -0.2) is 0 Å². The Hall–Kier alpha value is -3.32. The van der Waals surface area contributed by atoms with Gasteiger partial charge in [-0.1, -0.05) is 32.9 Å². The molecule has 1 fully saturated rings. The minimum atomic E-state index is -0.683. The molecule has 1 aliphatic rings. The molecular weight excluding hydrogens is 444 g/mol. The zero-order chi connectivity index (χ0) is 25.4. The molecule has 0 bridgehead atoms. The van der Waals surface area contributed by atoms with E-state index in [0.29, 0.717) is 43.4 Å². The summed E-state index contributed by atoms with van der Waals surface area (Å²) in [4.78, 5) is 30.1. The second-order valence-electron chi connectivity index (χ2n) is 8.39. The molecule has 2 aromatic carbocycles. The highest BCUT2D eigenvalue weighted by Gasteiger charge is 2.45. The minimum absolute atomic E-state index is 0.0981. The number of rotatable bonds is 12. The fourth-order valence-electron chi connectivity index (χ4n) is 4.24. The molecule has 1 N–H and O–H groups in total. The number of aliphatic hydroxyl groups is 1. The molecule has 188 valence electrons. The van der Waals surface area contributed by atoms with Crippen LogP contribution in [0.4, 0.5) is 0 Å². The van der Waals surface area contributed by atoms with Crippen molar-refractivity contribution < 1.29 is 24.2 Å². The van der Waals surface area contributed by atoms with Gasteiger partial charge in [-0.2, -0.15) is 0 Å². The second kappa shape index (κ2) is 12.4. The molecule has 3 rings (SSSR count). The number of Topliss-reactive ketones (excluding diaryl/α,β-unsaturated/α-hetero) is 1. The molecule has 0 aromatic heterocycles. The van der Waals surface area contributed by atoms with Crippen molar-refractivity contribution in [2.45, 2.75) is 40.2 Å². The average Bonchev–Trinajstić information content (AvgIpc) is 3.13. The summed E-state index contributed by atoms with van der Waals surface area (Å²) in [7, 11) is 0. The number of hydrogen-bond donors (Lipinski definition) is 1. The van der Waals surface area contributed by atoms with Gasteiger partial charge in [-0.15, -0.1) is 0 Å². The molecule has 0 aliphatic carbocycles. The van der Waals surface area contributed by atoms with Gasteiger partial charge in [0.05, 0.1) is 24.8 Å². The van der Waals surface area contributed by atoms with Crippen molar-refractivity contribution in [1.82, 2.24) is 9.80 Å². The number of benzene rings is 2. The van der Waals surface area contributed by atoms with Gasteiger partial charge in [0.25, 0.3) is 11.7 Å². The molecule has 1 aliphatic heterocycles. The monoisotopic (exact) mass is 480 g/mol. The van der Waals surface area contributed by atoms with Crippen LogP contribution in [-0.4, -0.2) is 66.0 Å². The molecule has 0 radical (unpaired) electrons. The highest BCUT2D eigenvalue weighted by Crippen LogP contribution is 2.39. The summed E-state index contributed by atoms with van der Waals surface area (Å²) in [6.45, 7) is 11.9. The molecule has 1 atom stereocenters. The van der Waals surface area contributed by atoms with Gasteiger partial charge in [0, 0.05) is 18.7 Å². The molecule has 1 saturated heterocycles.